The Bertz CT molecular complexity index is 517. The minimum atomic E-state index is -0.475. The van der Waals surface area contributed by atoms with Crippen molar-refractivity contribution in [2.75, 3.05) is 0 Å². The molecule has 0 aromatic heterocycles. The lowest BCUT2D eigenvalue weighted by molar-refractivity contribution is -0.111. The molecule has 5 heteroatoms. The van der Waals surface area contributed by atoms with E-state index >= 15 is 0 Å². The molecule has 0 spiro atoms. The summed E-state index contributed by atoms with van der Waals surface area (Å²) in [5.41, 5.74) is 1.44. The van der Waals surface area contributed by atoms with Gasteiger partial charge < -0.3 is 0 Å². The third kappa shape index (κ3) is 3.43. The van der Waals surface area contributed by atoms with Gasteiger partial charge in [0.1, 0.15) is 0 Å². The molecule has 2 aliphatic rings. The van der Waals surface area contributed by atoms with Crippen molar-refractivity contribution in [3.8, 4) is 0 Å². The zero-order chi connectivity index (χ0) is 13.8. The maximum Gasteiger partial charge on any atom is 0.185 e. The third-order valence-electron chi connectivity index (χ3n) is 2.46. The van der Waals surface area contributed by atoms with Crippen molar-refractivity contribution in [2.24, 2.45) is 0 Å². The molecule has 0 aliphatic carbocycles. The first kappa shape index (κ1) is 14.2. The summed E-state index contributed by atoms with van der Waals surface area (Å²) in [6, 6.07) is 0. The maximum absolute atomic E-state index is 11.5. The first-order valence-corrected chi connectivity index (χ1v) is 10.5. The number of ketones is 2. The second-order valence-electron chi connectivity index (χ2n) is 3.74. The molecular formula is C14H14O2S3. The number of carbonyl (C=O) groups excluding carboxylic acids is 2. The molecule has 2 rings (SSSR count). The average Bonchev–Trinajstić information content (AvgIpc) is 3.07. The standard InChI is InChI=1S/C14H14O2S3/c1-3-13(15)11-5-7-18(9-11)17-19-8-6-12(10-19)14(16)4-2/h3-10,18-19H,1-2H2. The van der Waals surface area contributed by atoms with Crippen LogP contribution in [-0.2, 0) is 9.59 Å². The molecule has 100 valence electrons. The molecule has 2 heterocycles. The number of thiol groups is 2. The molecule has 2 aliphatic heterocycles. The number of hydrogen-bond donors (Lipinski definition) is 2. The predicted octanol–water partition coefficient (Wildman–Crippen LogP) is 3.88. The van der Waals surface area contributed by atoms with E-state index in [4.69, 9.17) is 0 Å². The molecule has 0 saturated carbocycles. The highest BCUT2D eigenvalue weighted by molar-refractivity contribution is 9.20. The summed E-state index contributed by atoms with van der Waals surface area (Å²) in [5.74, 6) is -0.0654. The summed E-state index contributed by atoms with van der Waals surface area (Å²) in [4.78, 5) is 22.9. The van der Waals surface area contributed by atoms with Gasteiger partial charge in [0.25, 0.3) is 0 Å². The lowest BCUT2D eigenvalue weighted by atomic mass is 10.2. The fourth-order valence-electron chi connectivity index (χ4n) is 1.49. The zero-order valence-corrected chi connectivity index (χ0v) is 12.8. The highest BCUT2D eigenvalue weighted by Gasteiger charge is 2.16. The summed E-state index contributed by atoms with van der Waals surface area (Å²) in [6.45, 7) is 6.97. The van der Waals surface area contributed by atoms with Gasteiger partial charge >= 0.3 is 0 Å². The summed E-state index contributed by atoms with van der Waals surface area (Å²) in [5, 5.41) is 8.13. The normalized spacial score (nSPS) is 27.8. The highest BCUT2D eigenvalue weighted by Crippen LogP contribution is 2.63. The lowest BCUT2D eigenvalue weighted by Crippen LogP contribution is -1.91. The van der Waals surface area contributed by atoms with Gasteiger partial charge in [0, 0.05) is 11.1 Å². The number of hydrogen-bond acceptors (Lipinski definition) is 3. The molecule has 2 nitrogen and oxygen atoms in total. The molecule has 0 aromatic rings. The maximum atomic E-state index is 11.5. The van der Waals surface area contributed by atoms with Crippen LogP contribution < -0.4 is 0 Å². The third-order valence-corrected chi connectivity index (χ3v) is 10.7. The van der Waals surface area contributed by atoms with E-state index in [1.807, 2.05) is 32.8 Å². The van der Waals surface area contributed by atoms with E-state index in [-0.39, 0.29) is 11.6 Å². The van der Waals surface area contributed by atoms with Gasteiger partial charge in [0.05, 0.1) is 0 Å². The fraction of sp³-hybridized carbons (Fsp3) is 0. The van der Waals surface area contributed by atoms with Crippen LogP contribution in [0.1, 0.15) is 0 Å². The van der Waals surface area contributed by atoms with Gasteiger partial charge in [-0.1, -0.05) is 23.0 Å². The van der Waals surface area contributed by atoms with Crippen molar-refractivity contribution in [3.63, 3.8) is 0 Å². The summed E-state index contributed by atoms with van der Waals surface area (Å²) >= 11 is 0. The van der Waals surface area contributed by atoms with Crippen LogP contribution in [0.5, 0.6) is 0 Å². The second kappa shape index (κ2) is 6.32. The largest absolute Gasteiger partial charge is 0.289 e. The van der Waals surface area contributed by atoms with Crippen LogP contribution >= 0.6 is 29.7 Å². The molecule has 0 aromatic carbocycles. The topological polar surface area (TPSA) is 34.1 Å². The van der Waals surface area contributed by atoms with E-state index in [9.17, 15) is 9.59 Å². The first-order valence-electron chi connectivity index (χ1n) is 5.52. The molecule has 0 bridgehead atoms. The van der Waals surface area contributed by atoms with E-state index < -0.39 is 19.9 Å². The first-order chi connectivity index (χ1) is 9.13. The van der Waals surface area contributed by atoms with Crippen LogP contribution in [0.2, 0.25) is 0 Å². The van der Waals surface area contributed by atoms with Crippen LogP contribution in [0.3, 0.4) is 0 Å². The summed E-state index contributed by atoms with van der Waals surface area (Å²) < 4.78 is 0. The number of allylic oxidation sites excluding steroid dienone is 6. The molecule has 0 fully saturated rings. The van der Waals surface area contributed by atoms with Crippen molar-refractivity contribution in [2.45, 2.75) is 0 Å². The summed E-state index contributed by atoms with van der Waals surface area (Å²) in [6.07, 6.45) is 6.39. The van der Waals surface area contributed by atoms with Gasteiger partial charge in [-0.3, -0.25) is 9.59 Å². The Balaban J connectivity index is 1.99. The molecule has 0 saturated heterocycles. The zero-order valence-electron chi connectivity index (χ0n) is 10.2. The van der Waals surface area contributed by atoms with E-state index in [1.54, 1.807) is 0 Å². The van der Waals surface area contributed by atoms with E-state index in [2.05, 4.69) is 24.0 Å². The summed E-state index contributed by atoms with van der Waals surface area (Å²) in [7, 11) is 0.858. The minimum absolute atomic E-state index is 0.0327. The Morgan fingerprint density at radius 1 is 0.947 bits per heavy atom. The predicted molar refractivity (Wildman–Crippen MR) is 90.4 cm³/mol. The van der Waals surface area contributed by atoms with Crippen molar-refractivity contribution in [3.05, 3.63) is 70.2 Å². The van der Waals surface area contributed by atoms with Crippen molar-refractivity contribution in [1.82, 2.24) is 0 Å². The fourth-order valence-corrected chi connectivity index (χ4v) is 9.77. The highest BCUT2D eigenvalue weighted by atomic mass is 33.5. The molecule has 0 radical (unpaired) electrons. The Labute approximate surface area is 121 Å². The monoisotopic (exact) mass is 310 g/mol. The lowest BCUT2D eigenvalue weighted by Gasteiger charge is -2.15. The minimum Gasteiger partial charge on any atom is -0.289 e. The van der Waals surface area contributed by atoms with Crippen molar-refractivity contribution in [1.29, 1.82) is 0 Å². The van der Waals surface area contributed by atoms with E-state index in [1.165, 1.54) is 12.2 Å². The molecule has 0 amide bonds. The molecule has 2 unspecified atom stereocenters. The van der Waals surface area contributed by atoms with Crippen molar-refractivity contribution < 1.29 is 9.59 Å². The Morgan fingerprint density at radius 2 is 1.37 bits per heavy atom. The average molecular weight is 310 g/mol. The van der Waals surface area contributed by atoms with Crippen molar-refractivity contribution >= 4 is 41.2 Å². The van der Waals surface area contributed by atoms with Crippen LogP contribution in [-0.4, -0.2) is 11.6 Å². The van der Waals surface area contributed by atoms with E-state index in [0.29, 0.717) is 0 Å². The SMILES string of the molecule is C=CC(=O)C1=C[SH](S[SH]2C=CC(C(=O)C=C)=C2)C=C1. The van der Waals surface area contributed by atoms with Gasteiger partial charge in [-0.05, 0) is 45.9 Å². The Kier molecular flexibility index (Phi) is 4.74. The van der Waals surface area contributed by atoms with Gasteiger partial charge in [-0.2, -0.15) is 19.9 Å². The van der Waals surface area contributed by atoms with E-state index in [0.717, 1.165) is 11.1 Å². The second-order valence-corrected chi connectivity index (χ2v) is 10.9. The molecule has 2 atom stereocenters. The Hall–Kier alpha value is -1.17. The molecule has 0 N–H and O–H groups in total. The molecular weight excluding hydrogens is 296 g/mol. The van der Waals surface area contributed by atoms with Crippen LogP contribution in [0.15, 0.2) is 70.2 Å². The van der Waals surface area contributed by atoms with Gasteiger partial charge in [0.2, 0.25) is 0 Å². The number of carbonyl (C=O) groups is 2. The quantitative estimate of drug-likeness (QED) is 0.444. The van der Waals surface area contributed by atoms with Crippen LogP contribution in [0.25, 0.3) is 0 Å². The smallest absolute Gasteiger partial charge is 0.185 e. The number of rotatable bonds is 6. The van der Waals surface area contributed by atoms with Gasteiger partial charge in [0.15, 0.2) is 11.6 Å². The molecule has 19 heavy (non-hydrogen) atoms. The van der Waals surface area contributed by atoms with Crippen LogP contribution in [0.4, 0.5) is 0 Å². The van der Waals surface area contributed by atoms with Gasteiger partial charge in [-0.25, -0.2) is 0 Å². The van der Waals surface area contributed by atoms with Crippen LogP contribution in [0, 0.1) is 0 Å². The Morgan fingerprint density at radius 3 is 1.74 bits per heavy atom. The van der Waals surface area contributed by atoms with Gasteiger partial charge in [-0.15, -0.1) is 0 Å².